The Morgan fingerprint density at radius 3 is 2.53 bits per heavy atom. The van der Waals surface area contributed by atoms with Crippen molar-refractivity contribution in [2.24, 2.45) is 0 Å². The molecule has 1 atom stereocenters. The molecule has 0 aliphatic carbocycles. The van der Waals surface area contributed by atoms with Crippen molar-refractivity contribution < 1.29 is 13.0 Å². The van der Waals surface area contributed by atoms with E-state index >= 15 is 0 Å². The van der Waals surface area contributed by atoms with Crippen molar-refractivity contribution >= 4 is 22.3 Å². The van der Waals surface area contributed by atoms with Gasteiger partial charge in [-0.1, -0.05) is 12.2 Å². The van der Waals surface area contributed by atoms with Crippen LogP contribution in [-0.4, -0.2) is 36.4 Å². The van der Waals surface area contributed by atoms with Gasteiger partial charge in [-0.2, -0.15) is 8.42 Å². The number of aromatic nitrogens is 1. The van der Waals surface area contributed by atoms with E-state index in [1.807, 2.05) is 29.1 Å². The molecule has 0 aromatic carbocycles. The number of hydrogen-bond donors (Lipinski definition) is 2. The van der Waals surface area contributed by atoms with Crippen molar-refractivity contribution in [1.29, 1.82) is 0 Å². The lowest BCUT2D eigenvalue weighted by molar-refractivity contribution is 0.445. The predicted octanol–water partition coefficient (Wildman–Crippen LogP) is 1.08. The summed E-state index contributed by atoms with van der Waals surface area (Å²) in [4.78, 5) is 0. The van der Waals surface area contributed by atoms with Crippen molar-refractivity contribution in [2.45, 2.75) is 19.0 Å². The van der Waals surface area contributed by atoms with Crippen molar-refractivity contribution in [3.8, 4) is 0 Å². The lowest BCUT2D eigenvalue weighted by atomic mass is 10.2. The predicted molar refractivity (Wildman–Crippen MR) is 69.1 cm³/mol. The van der Waals surface area contributed by atoms with Crippen LogP contribution in [0.4, 0.5) is 0 Å². The van der Waals surface area contributed by atoms with Crippen molar-refractivity contribution in [3.63, 3.8) is 0 Å². The molecular weight excluding hydrogens is 260 g/mol. The molecule has 0 radical (unpaired) electrons. The van der Waals surface area contributed by atoms with Gasteiger partial charge in [-0.15, -0.1) is 0 Å². The van der Waals surface area contributed by atoms with Gasteiger partial charge in [0.1, 0.15) is 0 Å². The zero-order chi connectivity index (χ0) is 12.9. The molecule has 1 aromatic rings. The first kappa shape index (κ1) is 14.3. The minimum atomic E-state index is -3.89. The minimum absolute atomic E-state index is 0.0158. The Hall–Kier alpha value is -0.760. The van der Waals surface area contributed by atoms with E-state index in [2.05, 4.69) is 5.32 Å². The van der Waals surface area contributed by atoms with E-state index in [4.69, 9.17) is 16.8 Å². The van der Waals surface area contributed by atoms with Gasteiger partial charge < -0.3 is 9.88 Å². The van der Waals surface area contributed by atoms with Crippen LogP contribution in [0.1, 0.15) is 6.42 Å². The smallest absolute Gasteiger partial charge is 0.264 e. The van der Waals surface area contributed by atoms with Gasteiger partial charge >= 0.3 is 0 Å². The lowest BCUT2D eigenvalue weighted by Crippen LogP contribution is -2.32. The maximum atomic E-state index is 10.7. The molecule has 96 valence electrons. The summed E-state index contributed by atoms with van der Waals surface area (Å²) in [6.07, 6.45) is 4.05. The minimum Gasteiger partial charge on any atom is -0.353 e. The largest absolute Gasteiger partial charge is 0.353 e. The van der Waals surface area contributed by atoms with Crippen LogP contribution in [0.25, 0.3) is 0 Å². The topological polar surface area (TPSA) is 71.3 Å². The highest BCUT2D eigenvalue weighted by atomic mass is 32.2. The monoisotopic (exact) mass is 276 g/mol. The third-order valence-corrected chi connectivity index (χ3v) is 3.45. The van der Waals surface area contributed by atoms with Gasteiger partial charge in [0, 0.05) is 29.5 Å². The SMILES string of the molecule is CNC(CCS(=O)(=O)O)Cn1ccc(=S)cc1. The van der Waals surface area contributed by atoms with Crippen LogP contribution in [0.15, 0.2) is 24.5 Å². The third kappa shape index (κ3) is 5.92. The molecule has 2 N–H and O–H groups in total. The van der Waals surface area contributed by atoms with Gasteiger partial charge in [0.05, 0.1) is 5.75 Å². The molecule has 0 amide bonds. The molecule has 5 nitrogen and oxygen atoms in total. The van der Waals surface area contributed by atoms with Crippen LogP contribution in [0.2, 0.25) is 0 Å². The normalized spacial score (nSPS) is 13.5. The number of hydrogen-bond acceptors (Lipinski definition) is 4. The molecule has 17 heavy (non-hydrogen) atoms. The molecule has 0 spiro atoms. The molecule has 1 unspecified atom stereocenters. The summed E-state index contributed by atoms with van der Waals surface area (Å²) in [6, 6.07) is 3.60. The number of likely N-dealkylation sites (N-methyl/N-ethyl adjacent to an activating group) is 1. The number of nitrogens with one attached hydrogen (secondary N) is 1. The zero-order valence-corrected chi connectivity index (χ0v) is 11.2. The summed E-state index contributed by atoms with van der Waals surface area (Å²) < 4.78 is 32.7. The molecule has 0 saturated carbocycles. The van der Waals surface area contributed by atoms with Gasteiger partial charge in [-0.25, -0.2) is 0 Å². The first-order chi connectivity index (χ1) is 7.90. The molecule has 1 heterocycles. The van der Waals surface area contributed by atoms with Crippen LogP contribution in [0.3, 0.4) is 0 Å². The van der Waals surface area contributed by atoms with Gasteiger partial charge in [0.15, 0.2) is 0 Å². The Bertz CT molecular complexity index is 490. The van der Waals surface area contributed by atoms with E-state index < -0.39 is 10.1 Å². The fourth-order valence-corrected chi connectivity index (χ4v) is 2.14. The Labute approximate surface area is 106 Å². The molecule has 0 bridgehead atoms. The molecule has 0 saturated heterocycles. The van der Waals surface area contributed by atoms with Crippen LogP contribution >= 0.6 is 12.2 Å². The van der Waals surface area contributed by atoms with E-state index in [1.165, 1.54) is 0 Å². The second-order valence-electron chi connectivity index (χ2n) is 3.79. The first-order valence-corrected chi connectivity index (χ1v) is 7.21. The average Bonchev–Trinajstić information content (AvgIpc) is 2.25. The maximum absolute atomic E-state index is 10.7. The molecule has 7 heteroatoms. The van der Waals surface area contributed by atoms with Crippen LogP contribution < -0.4 is 5.32 Å². The zero-order valence-electron chi connectivity index (χ0n) is 9.54. The van der Waals surface area contributed by atoms with E-state index in [-0.39, 0.29) is 11.8 Å². The Balaban J connectivity index is 2.58. The van der Waals surface area contributed by atoms with E-state index in [0.29, 0.717) is 13.0 Å². The van der Waals surface area contributed by atoms with Gasteiger partial charge in [-0.05, 0) is 25.6 Å². The maximum Gasteiger partial charge on any atom is 0.264 e. The Morgan fingerprint density at radius 2 is 2.06 bits per heavy atom. The highest BCUT2D eigenvalue weighted by Gasteiger charge is 2.11. The van der Waals surface area contributed by atoms with Gasteiger partial charge in [0.2, 0.25) is 0 Å². The second-order valence-corrected chi connectivity index (χ2v) is 5.83. The summed E-state index contributed by atoms with van der Waals surface area (Å²) in [6.45, 7) is 0.627. The van der Waals surface area contributed by atoms with Crippen molar-refractivity contribution in [3.05, 3.63) is 29.0 Å². The number of nitrogens with zero attached hydrogens (tertiary/aromatic N) is 1. The van der Waals surface area contributed by atoms with Gasteiger partial charge in [-0.3, -0.25) is 4.55 Å². The van der Waals surface area contributed by atoms with E-state index in [1.54, 1.807) is 7.05 Å². The summed E-state index contributed by atoms with van der Waals surface area (Å²) in [5.74, 6) is -0.238. The molecule has 0 aliphatic heterocycles. The van der Waals surface area contributed by atoms with Crippen LogP contribution in [0.5, 0.6) is 0 Å². The van der Waals surface area contributed by atoms with Gasteiger partial charge in [0.25, 0.3) is 10.1 Å². The summed E-state index contributed by atoms with van der Waals surface area (Å²) >= 11 is 4.97. The lowest BCUT2D eigenvalue weighted by Gasteiger charge is -2.17. The Kier molecular flexibility index (Phi) is 5.26. The van der Waals surface area contributed by atoms with Crippen molar-refractivity contribution in [1.82, 2.24) is 9.88 Å². The second kappa shape index (κ2) is 6.25. The summed E-state index contributed by atoms with van der Waals surface area (Å²) in [5.41, 5.74) is 0. The summed E-state index contributed by atoms with van der Waals surface area (Å²) in [5, 5.41) is 3.02. The third-order valence-electron chi connectivity index (χ3n) is 2.42. The number of pyridine rings is 1. The van der Waals surface area contributed by atoms with Crippen LogP contribution in [0, 0.1) is 4.51 Å². The van der Waals surface area contributed by atoms with Crippen molar-refractivity contribution in [2.75, 3.05) is 12.8 Å². The fraction of sp³-hybridized carbons (Fsp3) is 0.500. The highest BCUT2D eigenvalue weighted by Crippen LogP contribution is 2.01. The molecule has 0 fully saturated rings. The van der Waals surface area contributed by atoms with Crippen LogP contribution in [-0.2, 0) is 16.7 Å². The molecule has 1 aromatic heterocycles. The standard InChI is InChI=1S/C10H16N2O3S2/c1-11-9(4-7-17(13,14)15)8-12-5-2-10(16)3-6-12/h2-3,5-6,9,11H,4,7-8H2,1H3,(H,13,14,15). The average molecular weight is 276 g/mol. The number of rotatable bonds is 6. The van der Waals surface area contributed by atoms with E-state index in [9.17, 15) is 8.42 Å². The van der Waals surface area contributed by atoms with E-state index in [0.717, 1.165) is 4.51 Å². The highest BCUT2D eigenvalue weighted by molar-refractivity contribution is 7.85. The first-order valence-electron chi connectivity index (χ1n) is 5.19. The molecule has 0 aliphatic rings. The fourth-order valence-electron chi connectivity index (χ4n) is 1.44. The summed E-state index contributed by atoms with van der Waals surface area (Å²) in [7, 11) is -2.13. The quantitative estimate of drug-likeness (QED) is 0.601. The Morgan fingerprint density at radius 1 is 1.47 bits per heavy atom. The molecule has 1 rings (SSSR count). The molecular formula is C10H16N2O3S2.